The van der Waals surface area contributed by atoms with Crippen molar-refractivity contribution in [3.8, 4) is 0 Å². The molecular weight excluding hydrogens is 424 g/mol. The third kappa shape index (κ3) is 3.55. The van der Waals surface area contributed by atoms with Gasteiger partial charge in [-0.05, 0) is 25.1 Å². The lowest BCUT2D eigenvalue weighted by Gasteiger charge is -2.23. The molecular formula is C18H14BrF2N3O3. The fourth-order valence-electron chi connectivity index (χ4n) is 2.82. The van der Waals surface area contributed by atoms with E-state index in [1.54, 1.807) is 24.3 Å². The lowest BCUT2D eigenvalue weighted by molar-refractivity contribution is -0.133. The molecule has 2 aromatic rings. The maximum absolute atomic E-state index is 13.6. The number of nitrogens with one attached hydrogen (secondary N) is 2. The molecule has 2 aromatic carbocycles. The van der Waals surface area contributed by atoms with E-state index in [9.17, 15) is 23.2 Å². The molecule has 0 bridgehead atoms. The number of carbonyl (C=O) groups is 3. The van der Waals surface area contributed by atoms with Crippen LogP contribution in [0, 0.1) is 11.6 Å². The second-order valence-electron chi connectivity index (χ2n) is 6.10. The Balaban J connectivity index is 1.79. The van der Waals surface area contributed by atoms with Crippen LogP contribution in [0.2, 0.25) is 0 Å². The van der Waals surface area contributed by atoms with Gasteiger partial charge in [0.25, 0.3) is 5.91 Å². The van der Waals surface area contributed by atoms with Crippen molar-refractivity contribution < 1.29 is 23.2 Å². The highest BCUT2D eigenvalue weighted by atomic mass is 79.9. The average molecular weight is 438 g/mol. The molecule has 0 unspecified atom stereocenters. The van der Waals surface area contributed by atoms with Gasteiger partial charge in [-0.15, -0.1) is 0 Å². The fraction of sp³-hybridized carbons (Fsp3) is 0.167. The summed E-state index contributed by atoms with van der Waals surface area (Å²) in [5.74, 6) is -3.03. The van der Waals surface area contributed by atoms with Gasteiger partial charge in [0, 0.05) is 16.1 Å². The van der Waals surface area contributed by atoms with Crippen LogP contribution in [-0.2, 0) is 15.1 Å². The summed E-state index contributed by atoms with van der Waals surface area (Å²) >= 11 is 3.34. The lowest BCUT2D eigenvalue weighted by Crippen LogP contribution is -2.42. The third-order valence-corrected chi connectivity index (χ3v) is 4.88. The zero-order valence-corrected chi connectivity index (χ0v) is 15.6. The zero-order valence-electron chi connectivity index (χ0n) is 14.1. The minimum atomic E-state index is -1.36. The van der Waals surface area contributed by atoms with Gasteiger partial charge < -0.3 is 10.6 Å². The van der Waals surface area contributed by atoms with E-state index >= 15 is 0 Å². The number of halogens is 3. The van der Waals surface area contributed by atoms with Gasteiger partial charge >= 0.3 is 6.03 Å². The number of benzene rings is 2. The molecule has 0 saturated carbocycles. The van der Waals surface area contributed by atoms with Crippen molar-refractivity contribution >= 4 is 39.5 Å². The molecule has 2 N–H and O–H groups in total. The predicted octanol–water partition coefficient (Wildman–Crippen LogP) is 3.13. The van der Waals surface area contributed by atoms with Crippen LogP contribution in [0.15, 0.2) is 46.9 Å². The van der Waals surface area contributed by atoms with Crippen LogP contribution in [0.25, 0.3) is 0 Å². The maximum Gasteiger partial charge on any atom is 0.325 e. The predicted molar refractivity (Wildman–Crippen MR) is 96.7 cm³/mol. The number of rotatable bonds is 4. The topological polar surface area (TPSA) is 78.5 Å². The van der Waals surface area contributed by atoms with E-state index < -0.39 is 41.6 Å². The number of hydrogen-bond acceptors (Lipinski definition) is 3. The highest BCUT2D eigenvalue weighted by Crippen LogP contribution is 2.33. The number of hydrogen-bond donors (Lipinski definition) is 2. The molecule has 0 spiro atoms. The monoisotopic (exact) mass is 437 g/mol. The molecule has 4 amide bonds. The molecule has 0 aliphatic carbocycles. The first-order valence-electron chi connectivity index (χ1n) is 7.86. The van der Waals surface area contributed by atoms with Gasteiger partial charge in [0.15, 0.2) is 0 Å². The highest BCUT2D eigenvalue weighted by molar-refractivity contribution is 9.10. The van der Waals surface area contributed by atoms with E-state index in [0.717, 1.165) is 23.1 Å². The van der Waals surface area contributed by atoms with Crippen molar-refractivity contribution in [2.75, 3.05) is 11.9 Å². The molecule has 1 saturated heterocycles. The molecule has 1 aliphatic rings. The summed E-state index contributed by atoms with van der Waals surface area (Å²) in [6, 6.07) is 8.70. The Kier molecular flexibility index (Phi) is 4.97. The fourth-order valence-corrected chi connectivity index (χ4v) is 3.50. The van der Waals surface area contributed by atoms with Crippen molar-refractivity contribution in [1.29, 1.82) is 0 Å². The van der Waals surface area contributed by atoms with E-state index in [1.807, 2.05) is 0 Å². The maximum atomic E-state index is 13.6. The van der Waals surface area contributed by atoms with Crippen LogP contribution in [0.3, 0.4) is 0 Å². The molecule has 6 nitrogen and oxygen atoms in total. The first kappa shape index (κ1) is 19.0. The molecule has 3 rings (SSSR count). The number of imide groups is 1. The Morgan fingerprint density at radius 2 is 1.93 bits per heavy atom. The molecule has 9 heteroatoms. The van der Waals surface area contributed by atoms with Crippen molar-refractivity contribution in [3.05, 3.63) is 64.1 Å². The first-order chi connectivity index (χ1) is 12.7. The molecule has 1 aliphatic heterocycles. The van der Waals surface area contributed by atoms with E-state index in [1.165, 1.54) is 6.92 Å². The number of urea groups is 1. The van der Waals surface area contributed by atoms with Gasteiger partial charge in [0.2, 0.25) is 5.91 Å². The number of amides is 4. The zero-order chi connectivity index (χ0) is 19.8. The molecule has 140 valence electrons. The summed E-state index contributed by atoms with van der Waals surface area (Å²) in [5, 5.41) is 4.73. The SMILES string of the molecule is C[C@@]1(c2ccccc2Br)NC(=O)N(CC(=O)Nc2cc(F)ccc2F)C1=O. The quantitative estimate of drug-likeness (QED) is 0.721. The normalized spacial score (nSPS) is 19.2. The Morgan fingerprint density at radius 3 is 2.63 bits per heavy atom. The van der Waals surface area contributed by atoms with E-state index in [0.29, 0.717) is 10.0 Å². The Bertz CT molecular complexity index is 953. The first-order valence-corrected chi connectivity index (χ1v) is 8.65. The van der Waals surface area contributed by atoms with E-state index in [2.05, 4.69) is 26.6 Å². The average Bonchev–Trinajstić information content (AvgIpc) is 2.82. The molecule has 1 fully saturated rings. The van der Waals surface area contributed by atoms with Crippen molar-refractivity contribution in [2.45, 2.75) is 12.5 Å². The molecule has 1 atom stereocenters. The summed E-state index contributed by atoms with van der Waals surface area (Å²) < 4.78 is 27.5. The van der Waals surface area contributed by atoms with Gasteiger partial charge in [-0.2, -0.15) is 0 Å². The molecule has 1 heterocycles. The minimum absolute atomic E-state index is 0.374. The van der Waals surface area contributed by atoms with Crippen molar-refractivity contribution in [2.24, 2.45) is 0 Å². The Morgan fingerprint density at radius 1 is 1.22 bits per heavy atom. The van der Waals surface area contributed by atoms with Crippen LogP contribution in [0.5, 0.6) is 0 Å². The van der Waals surface area contributed by atoms with Crippen LogP contribution >= 0.6 is 15.9 Å². The van der Waals surface area contributed by atoms with Crippen molar-refractivity contribution in [1.82, 2.24) is 10.2 Å². The molecule has 27 heavy (non-hydrogen) atoms. The second-order valence-corrected chi connectivity index (χ2v) is 6.95. The van der Waals surface area contributed by atoms with Crippen LogP contribution in [-0.4, -0.2) is 29.3 Å². The summed E-state index contributed by atoms with van der Waals surface area (Å²) in [5.41, 5.74) is -1.20. The molecule has 0 radical (unpaired) electrons. The van der Waals surface area contributed by atoms with Gasteiger partial charge in [0.1, 0.15) is 23.7 Å². The summed E-state index contributed by atoms with van der Waals surface area (Å²) in [7, 11) is 0. The van der Waals surface area contributed by atoms with Crippen LogP contribution < -0.4 is 10.6 Å². The smallest absolute Gasteiger partial charge is 0.322 e. The van der Waals surface area contributed by atoms with Gasteiger partial charge in [-0.1, -0.05) is 34.1 Å². The van der Waals surface area contributed by atoms with Crippen LogP contribution in [0.1, 0.15) is 12.5 Å². The molecule has 0 aromatic heterocycles. The standard InChI is InChI=1S/C18H14BrF2N3O3/c1-18(11-4-2-3-5-12(11)19)16(26)24(17(27)23-18)9-15(25)22-14-8-10(20)6-7-13(14)21/h2-8H,9H2,1H3,(H,22,25)(H,23,27)/t18-/m0/s1. The second kappa shape index (κ2) is 7.07. The van der Waals surface area contributed by atoms with Crippen molar-refractivity contribution in [3.63, 3.8) is 0 Å². The third-order valence-electron chi connectivity index (χ3n) is 4.19. The lowest BCUT2D eigenvalue weighted by atomic mass is 9.92. The van der Waals surface area contributed by atoms with Gasteiger partial charge in [0.05, 0.1) is 5.69 Å². The Hall–Kier alpha value is -2.81. The highest BCUT2D eigenvalue weighted by Gasteiger charge is 2.50. The summed E-state index contributed by atoms with van der Waals surface area (Å²) in [4.78, 5) is 37.9. The van der Waals surface area contributed by atoms with E-state index in [-0.39, 0.29) is 5.69 Å². The summed E-state index contributed by atoms with van der Waals surface area (Å²) in [6.45, 7) is 0.887. The van der Waals surface area contributed by atoms with Crippen LogP contribution in [0.4, 0.5) is 19.3 Å². The summed E-state index contributed by atoms with van der Waals surface area (Å²) in [6.07, 6.45) is 0. The number of nitrogens with zero attached hydrogens (tertiary/aromatic N) is 1. The number of anilines is 1. The number of carbonyl (C=O) groups excluding carboxylic acids is 3. The van der Waals surface area contributed by atoms with E-state index in [4.69, 9.17) is 0 Å². The Labute approximate surface area is 161 Å². The largest absolute Gasteiger partial charge is 0.325 e. The minimum Gasteiger partial charge on any atom is -0.322 e. The van der Waals surface area contributed by atoms with Gasteiger partial charge in [-0.3, -0.25) is 14.5 Å². The van der Waals surface area contributed by atoms with Gasteiger partial charge in [-0.25, -0.2) is 13.6 Å².